The average Bonchev–Trinajstić information content (AvgIpc) is 1.65. The van der Waals surface area contributed by atoms with E-state index in [-0.39, 0.29) is 11.0 Å². The Morgan fingerprint density at radius 1 is 1.88 bits per heavy atom. The van der Waals surface area contributed by atoms with Crippen LogP contribution in [0.1, 0.15) is 13.8 Å². The predicted octanol–water partition coefficient (Wildman–Crippen LogP) is 1.49. The maximum absolute atomic E-state index is 10.3. The van der Waals surface area contributed by atoms with Crippen LogP contribution in [0, 0.1) is 6.42 Å². The zero-order chi connectivity index (χ0) is 6.57. The number of carbonyl (C=O) groups is 1. The second-order valence-corrected chi connectivity index (χ2v) is 2.56. The van der Waals surface area contributed by atoms with Crippen LogP contribution in [0.15, 0.2) is 0 Å². The molecule has 0 aliphatic carbocycles. The van der Waals surface area contributed by atoms with Gasteiger partial charge >= 0.3 is 5.97 Å². The fraction of sp³-hybridized carbons (Fsp3) is 0.600. The summed E-state index contributed by atoms with van der Waals surface area (Å²) in [6.45, 7) is 3.37. The first-order chi connectivity index (χ1) is 3.66. The maximum Gasteiger partial charge on any atom is 0.310 e. The molecule has 1 atom stereocenters. The van der Waals surface area contributed by atoms with Crippen molar-refractivity contribution in [3.63, 3.8) is 0 Å². The number of carbonyl (C=O) groups excluding carboxylic acids is 1. The van der Waals surface area contributed by atoms with Crippen LogP contribution in [0.2, 0.25) is 0 Å². The SMILES string of the molecule is C[CH]C(=O)OC(C)Br. The number of halogens is 1. The van der Waals surface area contributed by atoms with Gasteiger partial charge in [-0.05, 0) is 22.9 Å². The first kappa shape index (κ1) is 7.95. The highest BCUT2D eigenvalue weighted by Gasteiger charge is 2.00. The molecular weight excluding hydrogens is 172 g/mol. The molecule has 3 heteroatoms. The standard InChI is InChI=1S/C5H8BrO2/c1-3-5(7)8-4(2)6/h3-4H,1-2H3. The van der Waals surface area contributed by atoms with Gasteiger partial charge in [-0.1, -0.05) is 6.92 Å². The Labute approximate surface area is 57.3 Å². The zero-order valence-corrected chi connectivity index (χ0v) is 6.44. The molecule has 0 N–H and O–H groups in total. The zero-order valence-electron chi connectivity index (χ0n) is 4.85. The van der Waals surface area contributed by atoms with Gasteiger partial charge in [0.2, 0.25) is 0 Å². The molecule has 0 rings (SSSR count). The van der Waals surface area contributed by atoms with E-state index in [0.717, 1.165) is 0 Å². The number of rotatable bonds is 2. The summed E-state index contributed by atoms with van der Waals surface area (Å²) in [6.07, 6.45) is 1.37. The number of alkyl halides is 1. The van der Waals surface area contributed by atoms with Gasteiger partial charge in [0.25, 0.3) is 0 Å². The van der Waals surface area contributed by atoms with E-state index in [0.29, 0.717) is 0 Å². The van der Waals surface area contributed by atoms with Gasteiger partial charge < -0.3 is 4.74 Å². The number of hydrogen-bond donors (Lipinski definition) is 0. The minimum absolute atomic E-state index is 0.189. The highest BCUT2D eigenvalue weighted by atomic mass is 79.9. The molecule has 0 aromatic heterocycles. The monoisotopic (exact) mass is 179 g/mol. The summed E-state index contributed by atoms with van der Waals surface area (Å²) < 4.78 is 4.62. The second kappa shape index (κ2) is 3.89. The number of ether oxygens (including phenoxy) is 1. The number of esters is 1. The Morgan fingerprint density at radius 3 is 2.50 bits per heavy atom. The van der Waals surface area contributed by atoms with Crippen LogP contribution >= 0.6 is 15.9 Å². The third kappa shape index (κ3) is 4.12. The molecule has 0 saturated heterocycles. The van der Waals surface area contributed by atoms with Gasteiger partial charge in [0.1, 0.15) is 0 Å². The Morgan fingerprint density at radius 2 is 2.38 bits per heavy atom. The largest absolute Gasteiger partial charge is 0.451 e. The van der Waals surface area contributed by atoms with E-state index in [1.807, 2.05) is 0 Å². The molecule has 0 aliphatic heterocycles. The summed E-state index contributed by atoms with van der Waals surface area (Å²) in [5, 5.41) is -0.189. The lowest BCUT2D eigenvalue weighted by molar-refractivity contribution is -0.139. The van der Waals surface area contributed by atoms with E-state index >= 15 is 0 Å². The van der Waals surface area contributed by atoms with E-state index < -0.39 is 0 Å². The van der Waals surface area contributed by atoms with Crippen LogP contribution in [0.3, 0.4) is 0 Å². The van der Waals surface area contributed by atoms with Gasteiger partial charge in [0.05, 0.1) is 6.42 Å². The molecule has 1 unspecified atom stereocenters. The van der Waals surface area contributed by atoms with Crippen molar-refractivity contribution in [3.8, 4) is 0 Å². The molecule has 0 aromatic rings. The molecule has 0 aliphatic rings. The van der Waals surface area contributed by atoms with Crippen molar-refractivity contribution in [3.05, 3.63) is 6.42 Å². The molecule has 8 heavy (non-hydrogen) atoms. The lowest BCUT2D eigenvalue weighted by Crippen LogP contribution is -2.07. The normalized spacial score (nSPS) is 12.9. The lowest BCUT2D eigenvalue weighted by atomic mass is 10.5. The van der Waals surface area contributed by atoms with Crippen LogP contribution in [0.25, 0.3) is 0 Å². The fourth-order valence-corrected chi connectivity index (χ4v) is 0.412. The minimum atomic E-state index is -0.297. The van der Waals surface area contributed by atoms with Crippen molar-refractivity contribution < 1.29 is 9.53 Å². The molecule has 0 spiro atoms. The third-order valence-corrected chi connectivity index (χ3v) is 0.701. The summed E-state index contributed by atoms with van der Waals surface area (Å²) in [5.41, 5.74) is 0. The summed E-state index contributed by atoms with van der Waals surface area (Å²) in [7, 11) is 0. The van der Waals surface area contributed by atoms with Crippen molar-refractivity contribution >= 4 is 21.9 Å². The molecule has 1 radical (unpaired) electrons. The predicted molar refractivity (Wildman–Crippen MR) is 34.5 cm³/mol. The van der Waals surface area contributed by atoms with Crippen molar-refractivity contribution in [2.24, 2.45) is 0 Å². The summed E-state index contributed by atoms with van der Waals surface area (Å²) in [5.74, 6) is -0.297. The summed E-state index contributed by atoms with van der Waals surface area (Å²) in [4.78, 5) is 10.3. The second-order valence-electron chi connectivity index (χ2n) is 1.27. The van der Waals surface area contributed by atoms with Crippen molar-refractivity contribution in [1.29, 1.82) is 0 Å². The molecular formula is C5H8BrO2. The van der Waals surface area contributed by atoms with Gasteiger partial charge in [0.15, 0.2) is 5.01 Å². The maximum atomic E-state index is 10.3. The fourth-order valence-electron chi connectivity index (χ4n) is 0.228. The van der Waals surface area contributed by atoms with E-state index in [9.17, 15) is 4.79 Å². The summed E-state index contributed by atoms with van der Waals surface area (Å²) in [6, 6.07) is 0. The van der Waals surface area contributed by atoms with Crippen molar-refractivity contribution in [2.75, 3.05) is 0 Å². The van der Waals surface area contributed by atoms with Gasteiger partial charge in [-0.2, -0.15) is 0 Å². The smallest absolute Gasteiger partial charge is 0.310 e. The van der Waals surface area contributed by atoms with Crippen LogP contribution in [-0.4, -0.2) is 11.0 Å². The third-order valence-electron chi connectivity index (χ3n) is 0.514. The van der Waals surface area contributed by atoms with E-state index in [2.05, 4.69) is 20.7 Å². The first-order valence-electron chi connectivity index (χ1n) is 2.31. The molecule has 2 nitrogen and oxygen atoms in total. The topological polar surface area (TPSA) is 26.3 Å². The molecule has 0 fully saturated rings. The lowest BCUT2D eigenvalue weighted by Gasteiger charge is -2.02. The summed E-state index contributed by atoms with van der Waals surface area (Å²) >= 11 is 3.05. The highest BCUT2D eigenvalue weighted by molar-refractivity contribution is 9.09. The van der Waals surface area contributed by atoms with Gasteiger partial charge in [-0.25, -0.2) is 0 Å². The number of hydrogen-bond acceptors (Lipinski definition) is 2. The van der Waals surface area contributed by atoms with Crippen LogP contribution < -0.4 is 0 Å². The van der Waals surface area contributed by atoms with Crippen LogP contribution in [0.5, 0.6) is 0 Å². The van der Waals surface area contributed by atoms with E-state index in [1.54, 1.807) is 13.8 Å². The van der Waals surface area contributed by atoms with E-state index in [4.69, 9.17) is 0 Å². The molecule has 47 valence electrons. The van der Waals surface area contributed by atoms with Crippen molar-refractivity contribution in [1.82, 2.24) is 0 Å². The van der Waals surface area contributed by atoms with E-state index in [1.165, 1.54) is 6.42 Å². The highest BCUT2D eigenvalue weighted by Crippen LogP contribution is 1.99. The molecule has 0 aromatic carbocycles. The Hall–Kier alpha value is -0.0500. The molecule has 0 bridgehead atoms. The minimum Gasteiger partial charge on any atom is -0.451 e. The Kier molecular flexibility index (Phi) is 3.87. The van der Waals surface area contributed by atoms with Gasteiger partial charge in [0, 0.05) is 0 Å². The molecule has 0 amide bonds. The Balaban J connectivity index is 3.25. The van der Waals surface area contributed by atoms with Crippen LogP contribution in [-0.2, 0) is 9.53 Å². The average molecular weight is 180 g/mol. The quantitative estimate of drug-likeness (QED) is 0.475. The molecule has 0 heterocycles. The van der Waals surface area contributed by atoms with Gasteiger partial charge in [-0.3, -0.25) is 4.79 Å². The van der Waals surface area contributed by atoms with Gasteiger partial charge in [-0.15, -0.1) is 0 Å². The van der Waals surface area contributed by atoms with Crippen molar-refractivity contribution in [2.45, 2.75) is 18.9 Å². The Bertz CT molecular complexity index is 80.5. The first-order valence-corrected chi connectivity index (χ1v) is 3.22. The van der Waals surface area contributed by atoms with Crippen LogP contribution in [0.4, 0.5) is 0 Å². The molecule has 0 saturated carbocycles.